The van der Waals surface area contributed by atoms with Crippen LogP contribution in [0, 0.1) is 13.8 Å². The second kappa shape index (κ2) is 9.12. The van der Waals surface area contributed by atoms with Gasteiger partial charge in [0.05, 0.1) is 30.5 Å². The van der Waals surface area contributed by atoms with Gasteiger partial charge in [-0.3, -0.25) is 4.98 Å². The second-order valence-electron chi connectivity index (χ2n) is 8.02. The van der Waals surface area contributed by atoms with Crippen LogP contribution >= 0.6 is 12.2 Å². The summed E-state index contributed by atoms with van der Waals surface area (Å²) in [5, 5.41) is 4.27. The van der Waals surface area contributed by atoms with Crippen LogP contribution in [0.15, 0.2) is 54.7 Å². The molecule has 1 saturated heterocycles. The fourth-order valence-corrected chi connectivity index (χ4v) is 4.91. The molecule has 0 amide bonds. The number of pyridine rings is 1. The first-order valence-electron chi connectivity index (χ1n) is 10.8. The molecule has 3 aromatic rings. The van der Waals surface area contributed by atoms with Crippen molar-refractivity contribution in [3.63, 3.8) is 0 Å². The number of rotatable bonds is 6. The van der Waals surface area contributed by atoms with Crippen LogP contribution in [0.3, 0.4) is 0 Å². The van der Waals surface area contributed by atoms with Crippen molar-refractivity contribution < 1.29 is 9.53 Å². The van der Waals surface area contributed by atoms with Gasteiger partial charge in [0.1, 0.15) is 0 Å². The third-order valence-electron chi connectivity index (χ3n) is 6.00. The fraction of sp³-hybridized carbons (Fsp3) is 0.320. The van der Waals surface area contributed by atoms with Gasteiger partial charge in [0.25, 0.3) is 0 Å². The summed E-state index contributed by atoms with van der Waals surface area (Å²) < 4.78 is 7.04. The van der Waals surface area contributed by atoms with Crippen LogP contribution in [-0.2, 0) is 4.74 Å². The second-order valence-corrected chi connectivity index (χ2v) is 8.41. The van der Waals surface area contributed by atoms with Crippen LogP contribution in [-0.4, -0.2) is 39.2 Å². The topological polar surface area (TPSA) is 59.4 Å². The van der Waals surface area contributed by atoms with E-state index < -0.39 is 0 Å². The Kier molecular flexibility index (Phi) is 6.28. The maximum atomic E-state index is 11.8. The standard InChI is InChI=1S/C25H28N4O2S/c1-5-14-28-23(22(27-25(28)32)21-8-6-7-13-26-21)20-15-16(2)29(17(20)3)19-11-9-18(10-12-19)24(30)31-4/h6-13,15,22-23H,5,14H2,1-4H3,(H,27,32)/t22-,23-/m0/s1. The summed E-state index contributed by atoms with van der Waals surface area (Å²) in [5.41, 5.74) is 6.00. The van der Waals surface area contributed by atoms with E-state index in [0.29, 0.717) is 5.56 Å². The minimum atomic E-state index is -0.336. The number of nitrogens with one attached hydrogen (secondary N) is 1. The molecule has 1 aliphatic heterocycles. The van der Waals surface area contributed by atoms with E-state index in [1.54, 1.807) is 12.1 Å². The molecule has 2 atom stereocenters. The number of methoxy groups -OCH3 is 1. The zero-order valence-corrected chi connectivity index (χ0v) is 19.6. The lowest BCUT2D eigenvalue weighted by atomic mass is 9.96. The van der Waals surface area contributed by atoms with Crippen molar-refractivity contribution in [3.8, 4) is 5.69 Å². The SMILES string of the molecule is CCCN1C(=S)N[C@@H](c2ccccn2)[C@@H]1c1cc(C)n(-c2ccc(C(=O)OC)cc2)c1C. The lowest BCUT2D eigenvalue weighted by molar-refractivity contribution is 0.0600. The predicted octanol–water partition coefficient (Wildman–Crippen LogP) is 4.66. The smallest absolute Gasteiger partial charge is 0.337 e. The van der Waals surface area contributed by atoms with Gasteiger partial charge >= 0.3 is 5.97 Å². The Hall–Kier alpha value is -3.19. The average molecular weight is 449 g/mol. The minimum absolute atomic E-state index is 0.0223. The van der Waals surface area contributed by atoms with Gasteiger partial charge in [-0.05, 0) is 80.5 Å². The summed E-state index contributed by atoms with van der Waals surface area (Å²) in [7, 11) is 1.39. The van der Waals surface area contributed by atoms with Gasteiger partial charge in [-0.25, -0.2) is 4.79 Å². The highest BCUT2D eigenvalue weighted by molar-refractivity contribution is 7.80. The van der Waals surface area contributed by atoms with Gasteiger partial charge in [0.15, 0.2) is 5.11 Å². The number of esters is 1. The summed E-state index contributed by atoms with van der Waals surface area (Å²) >= 11 is 5.72. The Morgan fingerprint density at radius 3 is 2.56 bits per heavy atom. The zero-order chi connectivity index (χ0) is 22.8. The molecule has 0 aliphatic carbocycles. The Morgan fingerprint density at radius 1 is 1.19 bits per heavy atom. The molecule has 0 spiro atoms. The maximum absolute atomic E-state index is 11.8. The molecule has 1 aliphatic rings. The monoisotopic (exact) mass is 448 g/mol. The maximum Gasteiger partial charge on any atom is 0.337 e. The van der Waals surface area contributed by atoms with Gasteiger partial charge in [-0.2, -0.15) is 0 Å². The average Bonchev–Trinajstić information content (AvgIpc) is 3.29. The van der Waals surface area contributed by atoms with Gasteiger partial charge in [0, 0.05) is 29.8 Å². The quantitative estimate of drug-likeness (QED) is 0.437. The molecular formula is C25H28N4O2S. The normalized spacial score (nSPS) is 18.0. The van der Waals surface area contributed by atoms with Crippen LogP contribution in [0.4, 0.5) is 0 Å². The number of thiocarbonyl (C=S) groups is 1. The molecular weight excluding hydrogens is 420 g/mol. The number of hydrogen-bond acceptors (Lipinski definition) is 4. The van der Waals surface area contributed by atoms with Gasteiger partial charge in [0.2, 0.25) is 0 Å². The molecule has 0 bridgehead atoms. The number of aromatic nitrogens is 2. The van der Waals surface area contributed by atoms with Crippen molar-refractivity contribution >= 4 is 23.3 Å². The number of carbonyl (C=O) groups is 1. The summed E-state index contributed by atoms with van der Waals surface area (Å²) in [6.45, 7) is 7.28. The van der Waals surface area contributed by atoms with Crippen molar-refractivity contribution in [1.82, 2.24) is 19.8 Å². The van der Waals surface area contributed by atoms with E-state index in [1.165, 1.54) is 12.7 Å². The number of aryl methyl sites for hydroxylation is 1. The molecule has 1 fully saturated rings. The van der Waals surface area contributed by atoms with Gasteiger partial charge in [-0.1, -0.05) is 13.0 Å². The first kappa shape index (κ1) is 22.0. The molecule has 166 valence electrons. The molecule has 32 heavy (non-hydrogen) atoms. The van der Waals surface area contributed by atoms with Gasteiger partial charge in [-0.15, -0.1) is 0 Å². The molecule has 1 N–H and O–H groups in total. The molecule has 3 heterocycles. The highest BCUT2D eigenvalue weighted by atomic mass is 32.1. The largest absolute Gasteiger partial charge is 0.465 e. The van der Waals surface area contributed by atoms with Crippen molar-refractivity contribution in [1.29, 1.82) is 0 Å². The Morgan fingerprint density at radius 2 is 1.94 bits per heavy atom. The summed E-state index contributed by atoms with van der Waals surface area (Å²) in [5.74, 6) is -0.336. The molecule has 0 radical (unpaired) electrons. The van der Waals surface area contributed by atoms with Crippen LogP contribution in [0.25, 0.3) is 5.69 Å². The van der Waals surface area contributed by atoms with Crippen LogP contribution in [0.2, 0.25) is 0 Å². The van der Waals surface area contributed by atoms with Crippen molar-refractivity contribution in [2.45, 2.75) is 39.3 Å². The Labute approximate surface area is 194 Å². The van der Waals surface area contributed by atoms with Crippen molar-refractivity contribution in [2.24, 2.45) is 0 Å². The third-order valence-corrected chi connectivity index (χ3v) is 6.35. The number of nitrogens with zero attached hydrogens (tertiary/aromatic N) is 3. The van der Waals surface area contributed by atoms with Crippen LogP contribution in [0.5, 0.6) is 0 Å². The van der Waals surface area contributed by atoms with Crippen molar-refractivity contribution in [3.05, 3.63) is 82.9 Å². The lowest BCUT2D eigenvalue weighted by Gasteiger charge is -2.27. The number of benzene rings is 1. The van der Waals surface area contributed by atoms with E-state index in [9.17, 15) is 4.79 Å². The lowest BCUT2D eigenvalue weighted by Crippen LogP contribution is -2.30. The molecule has 1 aromatic carbocycles. The third kappa shape index (κ3) is 3.88. The summed E-state index contributed by atoms with van der Waals surface area (Å²) in [6.07, 6.45) is 2.83. The van der Waals surface area contributed by atoms with E-state index in [4.69, 9.17) is 17.0 Å². The highest BCUT2D eigenvalue weighted by Gasteiger charge is 2.40. The molecule has 7 heteroatoms. The minimum Gasteiger partial charge on any atom is -0.465 e. The molecule has 0 saturated carbocycles. The van der Waals surface area contributed by atoms with E-state index in [2.05, 4.69) is 46.6 Å². The van der Waals surface area contributed by atoms with E-state index >= 15 is 0 Å². The van der Waals surface area contributed by atoms with E-state index in [0.717, 1.165) is 40.8 Å². The van der Waals surface area contributed by atoms with Crippen molar-refractivity contribution in [2.75, 3.05) is 13.7 Å². The fourth-order valence-electron chi connectivity index (χ4n) is 4.57. The number of ether oxygens (including phenoxy) is 1. The highest BCUT2D eigenvalue weighted by Crippen LogP contribution is 2.41. The Bertz CT molecular complexity index is 1120. The van der Waals surface area contributed by atoms with Gasteiger partial charge < -0.3 is 19.5 Å². The van der Waals surface area contributed by atoms with Crippen LogP contribution in [0.1, 0.15) is 58.4 Å². The molecule has 6 nitrogen and oxygen atoms in total. The van der Waals surface area contributed by atoms with E-state index in [-0.39, 0.29) is 18.1 Å². The number of carbonyl (C=O) groups excluding carboxylic acids is 1. The summed E-state index contributed by atoms with van der Waals surface area (Å²) in [6, 6.07) is 15.8. The molecule has 4 rings (SSSR count). The molecule has 2 aromatic heterocycles. The zero-order valence-electron chi connectivity index (χ0n) is 18.8. The summed E-state index contributed by atoms with van der Waals surface area (Å²) in [4.78, 5) is 18.7. The first-order chi connectivity index (χ1) is 15.5. The van der Waals surface area contributed by atoms with Crippen LogP contribution < -0.4 is 5.32 Å². The predicted molar refractivity (Wildman–Crippen MR) is 129 cm³/mol. The molecule has 0 unspecified atom stereocenters. The number of hydrogen-bond donors (Lipinski definition) is 1. The Balaban J connectivity index is 1.78. The van der Waals surface area contributed by atoms with E-state index in [1.807, 2.05) is 36.5 Å². The first-order valence-corrected chi connectivity index (χ1v) is 11.2.